The Morgan fingerprint density at radius 3 is 1.24 bits per heavy atom. The van der Waals surface area contributed by atoms with E-state index in [1.807, 2.05) is 0 Å². The average molecular weight is 892 g/mol. The molecule has 0 aliphatic rings. The molecule has 0 aromatic heterocycles. The molecule has 0 amide bonds. The van der Waals surface area contributed by atoms with Crippen LogP contribution in [-0.2, 0) is 6.54 Å². The van der Waals surface area contributed by atoms with E-state index in [0.29, 0.717) is 0 Å². The molecule has 0 aliphatic carbocycles. The Morgan fingerprint density at radius 1 is 0.424 bits per heavy atom. The summed E-state index contributed by atoms with van der Waals surface area (Å²) < 4.78 is 12.7. The lowest BCUT2D eigenvalue weighted by atomic mass is 10.1. The Kier molecular flexibility index (Phi) is 56.2. The van der Waals surface area contributed by atoms with Crippen LogP contribution < -0.4 is 25.8 Å². The smallest absolute Gasteiger partial charge is 0.161 e. The quantitative estimate of drug-likeness (QED) is 0.0450. The Hall–Kier alpha value is -0.950. The lowest BCUT2D eigenvalue weighted by Crippen LogP contribution is -2.20. The van der Waals surface area contributed by atoms with Crippen molar-refractivity contribution in [1.82, 2.24) is 10.6 Å². The Bertz CT molecular complexity index is 997. The fourth-order valence-corrected chi connectivity index (χ4v) is 7.21. The van der Waals surface area contributed by atoms with Crippen LogP contribution in [0.1, 0.15) is 225 Å². The van der Waals surface area contributed by atoms with Crippen molar-refractivity contribution in [2.45, 2.75) is 226 Å². The highest BCUT2D eigenvalue weighted by molar-refractivity contribution is 5.86. The molecule has 8 heteroatoms. The first-order valence-electron chi connectivity index (χ1n) is 24.6. The summed E-state index contributed by atoms with van der Waals surface area (Å²) in [7, 11) is 0. The lowest BCUT2D eigenvalue weighted by Gasteiger charge is -2.15. The molecule has 0 unspecified atom stereocenters. The number of hydrogen-bond acceptors (Lipinski definition) is 5. The monoisotopic (exact) mass is 890 g/mol. The van der Waals surface area contributed by atoms with Gasteiger partial charge in [-0.1, -0.05) is 160 Å². The Labute approximate surface area is 386 Å². The second kappa shape index (κ2) is 53.2. The SMILES string of the molecule is CCCCCCCC/C=C\CCCCCCCCOc1ccc(CNCCCCNCCCCN)cc1OCCCCCCCC/C=C\CCCCCCCC.Cl.Cl.Cl. The van der Waals surface area contributed by atoms with Gasteiger partial charge in [0.2, 0.25) is 0 Å². The predicted molar refractivity (Wildman–Crippen MR) is 270 cm³/mol. The summed E-state index contributed by atoms with van der Waals surface area (Å²) in [6.07, 6.45) is 51.4. The van der Waals surface area contributed by atoms with Gasteiger partial charge in [0.15, 0.2) is 11.5 Å². The number of nitrogens with two attached hydrogens (primary N) is 1. The van der Waals surface area contributed by atoms with Crippen LogP contribution in [0.25, 0.3) is 0 Å². The van der Waals surface area contributed by atoms with Gasteiger partial charge in [0.05, 0.1) is 13.2 Å². The molecule has 5 nitrogen and oxygen atoms in total. The molecule has 1 aromatic carbocycles. The van der Waals surface area contributed by atoms with Crippen molar-refractivity contribution in [1.29, 1.82) is 0 Å². The minimum absolute atomic E-state index is 0. The second-order valence-electron chi connectivity index (χ2n) is 16.5. The number of halogens is 3. The van der Waals surface area contributed by atoms with Crippen molar-refractivity contribution < 1.29 is 9.47 Å². The van der Waals surface area contributed by atoms with Crippen molar-refractivity contribution in [2.75, 3.05) is 39.4 Å². The largest absolute Gasteiger partial charge is 0.490 e. The van der Waals surface area contributed by atoms with Gasteiger partial charge >= 0.3 is 0 Å². The van der Waals surface area contributed by atoms with Crippen LogP contribution in [0.15, 0.2) is 42.5 Å². The van der Waals surface area contributed by atoms with Crippen molar-refractivity contribution in [3.63, 3.8) is 0 Å². The van der Waals surface area contributed by atoms with Crippen molar-refractivity contribution >= 4 is 37.2 Å². The molecule has 59 heavy (non-hydrogen) atoms. The molecule has 1 rings (SSSR count). The van der Waals surface area contributed by atoms with E-state index < -0.39 is 0 Å². The van der Waals surface area contributed by atoms with E-state index in [0.717, 1.165) is 76.7 Å². The molecule has 0 spiro atoms. The summed E-state index contributed by atoms with van der Waals surface area (Å²) in [6, 6.07) is 6.56. The molecule has 1 aromatic rings. The zero-order chi connectivity index (χ0) is 40.1. The molecule has 0 saturated heterocycles. The molecular formula is C51H98Cl3N3O2. The molecule has 0 radical (unpaired) electrons. The van der Waals surface area contributed by atoms with Crippen LogP contribution in [0.4, 0.5) is 0 Å². The number of nitrogens with one attached hydrogen (secondary N) is 2. The number of unbranched alkanes of at least 4 members (excludes halogenated alkanes) is 26. The van der Waals surface area contributed by atoms with E-state index >= 15 is 0 Å². The molecule has 0 aliphatic heterocycles. The summed E-state index contributed by atoms with van der Waals surface area (Å²) in [5, 5.41) is 7.17. The van der Waals surface area contributed by atoms with Gasteiger partial charge in [0.25, 0.3) is 0 Å². The molecule has 4 N–H and O–H groups in total. The zero-order valence-electron chi connectivity index (χ0n) is 38.7. The Balaban J connectivity index is -0.0000105. The third-order valence-electron chi connectivity index (χ3n) is 10.9. The van der Waals surface area contributed by atoms with E-state index in [1.165, 1.54) is 192 Å². The highest BCUT2D eigenvalue weighted by atomic mass is 35.5. The number of allylic oxidation sites excluding steroid dienone is 4. The van der Waals surface area contributed by atoms with Gasteiger partial charge in [0.1, 0.15) is 0 Å². The number of hydrogen-bond donors (Lipinski definition) is 3. The third kappa shape index (κ3) is 44.9. The number of ether oxygens (including phenoxy) is 2. The van der Waals surface area contributed by atoms with Crippen LogP contribution in [0.5, 0.6) is 11.5 Å². The molecule has 0 atom stereocenters. The molecule has 0 heterocycles. The van der Waals surface area contributed by atoms with Crippen molar-refractivity contribution in [3.8, 4) is 11.5 Å². The maximum Gasteiger partial charge on any atom is 0.161 e. The summed E-state index contributed by atoms with van der Waals surface area (Å²) >= 11 is 0. The van der Waals surface area contributed by atoms with Crippen LogP contribution in [0, 0.1) is 0 Å². The first kappa shape index (κ1) is 62.3. The van der Waals surface area contributed by atoms with Gasteiger partial charge in [-0.25, -0.2) is 0 Å². The van der Waals surface area contributed by atoms with Gasteiger partial charge in [-0.05, 0) is 134 Å². The van der Waals surface area contributed by atoms with Crippen LogP contribution in [0.3, 0.4) is 0 Å². The van der Waals surface area contributed by atoms with Crippen molar-refractivity contribution in [3.05, 3.63) is 48.1 Å². The number of benzene rings is 1. The molecule has 350 valence electrons. The topological polar surface area (TPSA) is 68.5 Å². The fourth-order valence-electron chi connectivity index (χ4n) is 7.21. The third-order valence-corrected chi connectivity index (χ3v) is 10.9. The predicted octanol–water partition coefficient (Wildman–Crippen LogP) is 16.0. The summed E-state index contributed by atoms with van der Waals surface area (Å²) in [4.78, 5) is 0. The average Bonchev–Trinajstić information content (AvgIpc) is 3.21. The van der Waals surface area contributed by atoms with E-state index in [2.05, 4.69) is 67.0 Å². The standard InChI is InChI=1S/C51H95N3O2.3ClH/c1-3-5-7-9-11-13-15-17-19-21-23-25-27-29-31-37-45-55-50-40-39-49(48-54-44-36-35-43-53-42-34-33-41-52)47-51(50)56-46-38-32-30-28-26-24-22-20-18-16-14-12-10-8-6-4-2;;;/h17-20,39-40,47,53-54H,3-16,21-38,41-46,48,52H2,1-2H3;3*1H/b19-17-,20-18-;;;. The highest BCUT2D eigenvalue weighted by Crippen LogP contribution is 2.29. The fraction of sp³-hybridized carbons (Fsp3) is 0.804. The summed E-state index contributed by atoms with van der Waals surface area (Å²) in [5.74, 6) is 1.83. The first-order valence-corrected chi connectivity index (χ1v) is 24.6. The van der Waals surface area contributed by atoms with Crippen LogP contribution in [0.2, 0.25) is 0 Å². The number of rotatable bonds is 45. The van der Waals surface area contributed by atoms with E-state index in [4.69, 9.17) is 15.2 Å². The van der Waals surface area contributed by atoms with E-state index in [9.17, 15) is 0 Å². The maximum atomic E-state index is 6.40. The Morgan fingerprint density at radius 2 is 0.797 bits per heavy atom. The molecule has 0 bridgehead atoms. The molecule has 0 saturated carbocycles. The van der Waals surface area contributed by atoms with Crippen LogP contribution in [-0.4, -0.2) is 39.4 Å². The van der Waals surface area contributed by atoms with Gasteiger partial charge in [-0.2, -0.15) is 0 Å². The molecule has 0 fully saturated rings. The minimum Gasteiger partial charge on any atom is -0.490 e. The lowest BCUT2D eigenvalue weighted by molar-refractivity contribution is 0.258. The van der Waals surface area contributed by atoms with Gasteiger partial charge in [0, 0.05) is 6.54 Å². The van der Waals surface area contributed by atoms with Crippen LogP contribution >= 0.6 is 37.2 Å². The summed E-state index contributed by atoms with van der Waals surface area (Å²) in [5.41, 5.74) is 6.86. The van der Waals surface area contributed by atoms with Gasteiger partial charge in [-0.15, -0.1) is 37.2 Å². The van der Waals surface area contributed by atoms with Gasteiger partial charge < -0.3 is 25.8 Å². The highest BCUT2D eigenvalue weighted by Gasteiger charge is 2.08. The van der Waals surface area contributed by atoms with Crippen molar-refractivity contribution in [2.24, 2.45) is 5.73 Å². The molecular weight excluding hydrogens is 793 g/mol. The summed E-state index contributed by atoms with van der Waals surface area (Å²) in [6.45, 7) is 11.0. The van der Waals surface area contributed by atoms with E-state index in [-0.39, 0.29) is 37.2 Å². The second-order valence-corrected chi connectivity index (χ2v) is 16.5. The maximum absolute atomic E-state index is 6.40. The van der Waals surface area contributed by atoms with Gasteiger partial charge in [-0.3, -0.25) is 0 Å². The normalized spacial score (nSPS) is 11.2. The van der Waals surface area contributed by atoms with E-state index in [1.54, 1.807) is 0 Å². The minimum atomic E-state index is 0. The zero-order valence-corrected chi connectivity index (χ0v) is 41.2. The first-order chi connectivity index (χ1) is 27.8.